The fraction of sp³-hybridized carbons (Fsp3) is 0.409. The molecule has 0 amide bonds. The minimum Gasteiger partial charge on any atom is -0.548 e. The van der Waals surface area contributed by atoms with Crippen molar-refractivity contribution in [3.05, 3.63) is 47.7 Å². The Morgan fingerprint density at radius 3 is 2.18 bits per heavy atom. The predicted molar refractivity (Wildman–Crippen MR) is 115 cm³/mol. The molecule has 1 N–H and O–H groups in total. The summed E-state index contributed by atoms with van der Waals surface area (Å²) >= 11 is 0.778. The number of nitrogens with one attached hydrogen (secondary N) is 1. The minimum atomic E-state index is -1.48. The third-order valence-corrected chi connectivity index (χ3v) is 4.99. The van der Waals surface area contributed by atoms with Gasteiger partial charge in [0.15, 0.2) is 5.78 Å². The average Bonchev–Trinajstić information content (AvgIpc) is 2.77. The molecule has 0 saturated heterocycles. The van der Waals surface area contributed by atoms with Gasteiger partial charge in [-0.05, 0) is 13.8 Å². The van der Waals surface area contributed by atoms with Crippen LogP contribution in [-0.4, -0.2) is 53.8 Å². The Morgan fingerprint density at radius 1 is 1.00 bits per heavy atom. The van der Waals surface area contributed by atoms with Gasteiger partial charge in [-0.1, -0.05) is 42.1 Å². The zero-order valence-electron chi connectivity index (χ0n) is 19.0. The van der Waals surface area contributed by atoms with Crippen LogP contribution in [0.1, 0.15) is 43.5 Å². The molecule has 0 aromatic heterocycles. The molecule has 0 saturated carbocycles. The molecule has 0 radical (unpaired) electrons. The molecule has 11 heteroatoms. The Balaban J connectivity index is 0.0000102. The van der Waals surface area contributed by atoms with Crippen LogP contribution in [0.3, 0.4) is 0 Å². The van der Waals surface area contributed by atoms with E-state index in [2.05, 4.69) is 5.32 Å². The fourth-order valence-electron chi connectivity index (χ4n) is 2.41. The quantitative estimate of drug-likeness (QED) is 0.173. The number of carbonyl (C=O) groups is 5. The van der Waals surface area contributed by atoms with Crippen LogP contribution in [0.25, 0.3) is 0 Å². The molecule has 1 atom stereocenters. The fourth-order valence-corrected chi connectivity index (χ4v) is 3.26. The number of carboxylic acid groups (broad SMARTS) is 1. The van der Waals surface area contributed by atoms with Crippen molar-refractivity contribution in [2.24, 2.45) is 0 Å². The van der Waals surface area contributed by atoms with Crippen LogP contribution >= 0.6 is 11.8 Å². The van der Waals surface area contributed by atoms with E-state index < -0.39 is 36.2 Å². The van der Waals surface area contributed by atoms with Crippen LogP contribution in [0, 0.1) is 0 Å². The van der Waals surface area contributed by atoms with Gasteiger partial charge >= 0.3 is 63.3 Å². The van der Waals surface area contributed by atoms with E-state index in [0.717, 1.165) is 18.0 Å². The summed E-state index contributed by atoms with van der Waals surface area (Å²) in [5.74, 6) is -3.43. The summed E-state index contributed by atoms with van der Waals surface area (Å²) < 4.78 is 9.61. The van der Waals surface area contributed by atoms with Crippen LogP contribution in [0.15, 0.2) is 42.1 Å². The van der Waals surface area contributed by atoms with Gasteiger partial charge in [-0.25, -0.2) is 0 Å². The average molecular weight is 504 g/mol. The number of ether oxygens (including phenoxy) is 2. The molecule has 1 aromatic rings. The van der Waals surface area contributed by atoms with Crippen LogP contribution in [0.4, 0.5) is 0 Å². The van der Waals surface area contributed by atoms with E-state index in [-0.39, 0.29) is 93.9 Å². The SMILES string of the molecule is CCOC(=O)CCC(=O)/C(=C\NC(CSC(=O)c1ccccc1)C(=O)[O-])CC(=O)OCC.[K+]. The van der Waals surface area contributed by atoms with Gasteiger partial charge in [0.25, 0.3) is 0 Å². The maximum Gasteiger partial charge on any atom is 1.00 e. The topological polar surface area (TPSA) is 139 Å². The molecule has 1 rings (SSSR count). The van der Waals surface area contributed by atoms with E-state index in [1.165, 1.54) is 0 Å². The molecular weight excluding hydrogens is 477 g/mol. The predicted octanol–water partition coefficient (Wildman–Crippen LogP) is -1.98. The van der Waals surface area contributed by atoms with Crippen molar-refractivity contribution < 1.29 is 89.9 Å². The van der Waals surface area contributed by atoms with E-state index in [1.54, 1.807) is 44.2 Å². The van der Waals surface area contributed by atoms with Gasteiger partial charge in [0, 0.05) is 29.5 Å². The molecule has 0 aliphatic heterocycles. The Morgan fingerprint density at radius 2 is 1.61 bits per heavy atom. The number of esters is 2. The summed E-state index contributed by atoms with van der Waals surface area (Å²) in [5.41, 5.74) is 0.362. The summed E-state index contributed by atoms with van der Waals surface area (Å²) in [6.45, 7) is 3.52. The standard InChI is InChI=1S/C22H27NO8S.K/c1-3-30-19(25)11-10-18(24)16(12-20(26)31-4-2)13-23-17(21(27)28)14-32-22(29)15-8-6-5-7-9-15;/h5-9,13,17,23H,3-4,10-12,14H2,1-2H3,(H,27,28);/q;+1/p-1/b16-13-;. The maximum absolute atomic E-state index is 12.5. The van der Waals surface area contributed by atoms with Crippen molar-refractivity contribution in [3.63, 3.8) is 0 Å². The second-order valence-electron chi connectivity index (χ2n) is 6.38. The van der Waals surface area contributed by atoms with Crippen molar-refractivity contribution in [3.8, 4) is 0 Å². The smallest absolute Gasteiger partial charge is 0.548 e. The number of hydrogen-bond acceptors (Lipinski definition) is 10. The third-order valence-electron chi connectivity index (χ3n) is 3.99. The van der Waals surface area contributed by atoms with Gasteiger partial charge in [-0.2, -0.15) is 0 Å². The van der Waals surface area contributed by atoms with E-state index in [4.69, 9.17) is 9.47 Å². The normalized spacial score (nSPS) is 11.5. The molecule has 0 aliphatic carbocycles. The van der Waals surface area contributed by atoms with Crippen LogP contribution in [0.5, 0.6) is 0 Å². The van der Waals surface area contributed by atoms with Crippen LogP contribution in [-0.2, 0) is 28.7 Å². The summed E-state index contributed by atoms with van der Waals surface area (Å²) in [6, 6.07) is 7.04. The first kappa shape index (κ1) is 31.5. The number of aliphatic carboxylic acids is 1. The van der Waals surface area contributed by atoms with Crippen LogP contribution < -0.4 is 61.8 Å². The van der Waals surface area contributed by atoms with Crippen molar-refractivity contribution in [1.82, 2.24) is 5.32 Å². The maximum atomic E-state index is 12.5. The van der Waals surface area contributed by atoms with E-state index in [0.29, 0.717) is 5.56 Å². The minimum absolute atomic E-state index is 0. The number of Topliss-reactive ketones (excluding diaryl/α,β-unsaturated/α-hetero) is 1. The van der Waals surface area contributed by atoms with E-state index >= 15 is 0 Å². The van der Waals surface area contributed by atoms with Gasteiger partial charge in [0.2, 0.25) is 5.12 Å². The Hall–Kier alpha value is -1.50. The van der Waals surface area contributed by atoms with Gasteiger partial charge < -0.3 is 24.7 Å². The molecule has 0 bridgehead atoms. The zero-order valence-corrected chi connectivity index (χ0v) is 22.9. The first-order valence-electron chi connectivity index (χ1n) is 10.0. The Labute approximate surface area is 239 Å². The molecule has 0 heterocycles. The molecular formula is C22H26KNO8S. The number of ketones is 1. The first-order chi connectivity index (χ1) is 15.3. The first-order valence-corrected chi connectivity index (χ1v) is 11.0. The van der Waals surface area contributed by atoms with Crippen molar-refractivity contribution in [2.75, 3.05) is 19.0 Å². The molecule has 0 spiro atoms. The van der Waals surface area contributed by atoms with Crippen molar-refractivity contribution >= 4 is 40.6 Å². The Bertz CT molecular complexity index is 844. The number of benzene rings is 1. The molecule has 1 unspecified atom stereocenters. The molecule has 9 nitrogen and oxygen atoms in total. The zero-order chi connectivity index (χ0) is 23.9. The Kier molecular flexibility index (Phi) is 17.1. The number of carboxylic acids is 1. The van der Waals surface area contributed by atoms with Crippen molar-refractivity contribution in [2.45, 2.75) is 39.2 Å². The van der Waals surface area contributed by atoms with E-state index in [1.807, 2.05) is 0 Å². The number of rotatable bonds is 14. The molecule has 0 fully saturated rings. The molecule has 33 heavy (non-hydrogen) atoms. The summed E-state index contributed by atoms with van der Waals surface area (Å²) in [4.78, 5) is 59.5. The third kappa shape index (κ3) is 13.1. The summed E-state index contributed by atoms with van der Waals surface area (Å²) in [7, 11) is 0. The molecule has 174 valence electrons. The van der Waals surface area contributed by atoms with Gasteiger partial charge in [-0.15, -0.1) is 0 Å². The van der Waals surface area contributed by atoms with Crippen LogP contribution in [0.2, 0.25) is 0 Å². The van der Waals surface area contributed by atoms with Gasteiger partial charge in [0.05, 0.1) is 38.1 Å². The molecule has 0 aliphatic rings. The monoisotopic (exact) mass is 503 g/mol. The second kappa shape index (κ2) is 17.9. The largest absolute Gasteiger partial charge is 1.00 e. The number of thioether (sulfide) groups is 1. The van der Waals surface area contributed by atoms with E-state index in [9.17, 15) is 29.1 Å². The van der Waals surface area contributed by atoms with Gasteiger partial charge in [-0.3, -0.25) is 19.2 Å². The molecule has 1 aromatic carbocycles. The van der Waals surface area contributed by atoms with Crippen molar-refractivity contribution in [1.29, 1.82) is 0 Å². The second-order valence-corrected chi connectivity index (χ2v) is 7.38. The number of carbonyl (C=O) groups excluding carboxylic acids is 5. The number of hydrogen-bond donors (Lipinski definition) is 1. The summed E-state index contributed by atoms with van der Waals surface area (Å²) in [6.07, 6.45) is 0.290. The summed E-state index contributed by atoms with van der Waals surface area (Å²) in [5, 5.41) is 13.7. The van der Waals surface area contributed by atoms with Gasteiger partial charge in [0.1, 0.15) is 0 Å².